The summed E-state index contributed by atoms with van der Waals surface area (Å²) in [7, 11) is 1.79. The Hall–Kier alpha value is -2.40. The predicted octanol–water partition coefficient (Wildman–Crippen LogP) is 3.98. The Kier molecular flexibility index (Phi) is 4.55. The van der Waals surface area contributed by atoms with Gasteiger partial charge in [0.05, 0.1) is 11.2 Å². The van der Waals surface area contributed by atoms with Gasteiger partial charge in [0.2, 0.25) is 5.95 Å². The van der Waals surface area contributed by atoms with Crippen LogP contribution in [0.15, 0.2) is 48.5 Å². The zero-order valence-electron chi connectivity index (χ0n) is 11.3. The highest BCUT2D eigenvalue weighted by atomic mass is 35.5. The minimum atomic E-state index is -0.338. The highest BCUT2D eigenvalue weighted by molar-refractivity contribution is 5.90. The Labute approximate surface area is 127 Å². The van der Waals surface area contributed by atoms with Crippen LogP contribution in [0.25, 0.3) is 10.9 Å². The van der Waals surface area contributed by atoms with Crippen LogP contribution in [0, 0.1) is 5.82 Å². The molecule has 0 aliphatic heterocycles. The van der Waals surface area contributed by atoms with Gasteiger partial charge in [0.25, 0.3) is 0 Å². The molecule has 0 saturated heterocycles. The van der Waals surface area contributed by atoms with Crippen molar-refractivity contribution in [3.63, 3.8) is 0 Å². The lowest BCUT2D eigenvalue weighted by molar-refractivity contribution is 0.631. The maximum atomic E-state index is 13.6. The molecule has 0 bridgehead atoms. The van der Waals surface area contributed by atoms with E-state index in [0.717, 1.165) is 10.9 Å². The number of aromatic nitrogens is 2. The second-order valence-electron chi connectivity index (χ2n) is 4.27. The number of hydrogen-bond donors (Lipinski definition) is 2. The Morgan fingerprint density at radius 3 is 2.43 bits per heavy atom. The van der Waals surface area contributed by atoms with Crippen LogP contribution in [-0.2, 0) is 0 Å². The largest absolute Gasteiger partial charge is 0.372 e. The van der Waals surface area contributed by atoms with Crippen molar-refractivity contribution < 1.29 is 4.39 Å². The molecule has 6 heteroatoms. The van der Waals surface area contributed by atoms with E-state index in [-0.39, 0.29) is 18.2 Å². The monoisotopic (exact) mass is 304 g/mol. The minimum absolute atomic E-state index is 0. The van der Waals surface area contributed by atoms with Crippen LogP contribution >= 0.6 is 12.4 Å². The summed E-state index contributed by atoms with van der Waals surface area (Å²) in [4.78, 5) is 8.75. The molecule has 0 spiro atoms. The molecule has 108 valence electrons. The van der Waals surface area contributed by atoms with Gasteiger partial charge in [-0.25, -0.2) is 9.37 Å². The summed E-state index contributed by atoms with van der Waals surface area (Å²) in [6.07, 6.45) is 0. The summed E-state index contributed by atoms with van der Waals surface area (Å²) in [5, 5.41) is 6.85. The van der Waals surface area contributed by atoms with Gasteiger partial charge >= 0.3 is 0 Å². The van der Waals surface area contributed by atoms with E-state index in [0.29, 0.717) is 17.5 Å². The van der Waals surface area contributed by atoms with Gasteiger partial charge < -0.3 is 10.6 Å². The van der Waals surface area contributed by atoms with Gasteiger partial charge in [-0.15, -0.1) is 12.4 Å². The molecule has 0 unspecified atom stereocenters. The van der Waals surface area contributed by atoms with Gasteiger partial charge in [-0.2, -0.15) is 4.98 Å². The number of para-hydroxylation sites is 2. The summed E-state index contributed by atoms with van der Waals surface area (Å²) in [5.41, 5.74) is 1.15. The molecule has 0 saturated carbocycles. The average Bonchev–Trinajstić information content (AvgIpc) is 2.49. The summed E-state index contributed by atoms with van der Waals surface area (Å²) >= 11 is 0. The molecule has 0 aliphatic rings. The molecule has 4 nitrogen and oxygen atoms in total. The van der Waals surface area contributed by atoms with Gasteiger partial charge in [0, 0.05) is 12.4 Å². The first-order valence-corrected chi connectivity index (χ1v) is 6.24. The van der Waals surface area contributed by atoms with E-state index in [9.17, 15) is 4.39 Å². The van der Waals surface area contributed by atoms with Crippen molar-refractivity contribution >= 4 is 40.8 Å². The molecule has 0 amide bonds. The Morgan fingerprint density at radius 1 is 0.952 bits per heavy atom. The second kappa shape index (κ2) is 6.37. The molecular weight excluding hydrogens is 291 g/mol. The van der Waals surface area contributed by atoms with Gasteiger partial charge in [0.1, 0.15) is 11.6 Å². The highest BCUT2D eigenvalue weighted by Gasteiger charge is 2.08. The van der Waals surface area contributed by atoms with Crippen LogP contribution < -0.4 is 10.6 Å². The lowest BCUT2D eigenvalue weighted by atomic mass is 10.2. The summed E-state index contributed by atoms with van der Waals surface area (Å²) < 4.78 is 13.6. The van der Waals surface area contributed by atoms with Crippen molar-refractivity contribution in [2.24, 2.45) is 0 Å². The molecule has 0 fully saturated rings. The van der Waals surface area contributed by atoms with Gasteiger partial charge in [-0.3, -0.25) is 0 Å². The lowest BCUT2D eigenvalue weighted by Gasteiger charge is -2.10. The third-order valence-corrected chi connectivity index (χ3v) is 2.96. The molecule has 21 heavy (non-hydrogen) atoms. The molecule has 3 aromatic rings. The highest BCUT2D eigenvalue weighted by Crippen LogP contribution is 2.23. The fourth-order valence-corrected chi connectivity index (χ4v) is 2.01. The quantitative estimate of drug-likeness (QED) is 0.768. The standard InChI is InChI=1S/C15H13FN4.ClH/c1-17-14-10-6-2-4-8-12(10)18-15(20-14)19-13-9-5-3-7-11(13)16;/h2-9H,1H3,(H2,17,18,19,20);1H. The van der Waals surface area contributed by atoms with Crippen molar-refractivity contribution in [2.75, 3.05) is 17.7 Å². The Balaban J connectivity index is 0.00000161. The Bertz CT molecular complexity index is 763. The summed E-state index contributed by atoms with van der Waals surface area (Å²) in [5.74, 6) is 0.725. The average molecular weight is 305 g/mol. The number of nitrogens with zero attached hydrogens (tertiary/aromatic N) is 2. The number of hydrogen-bond acceptors (Lipinski definition) is 4. The van der Waals surface area contributed by atoms with Crippen molar-refractivity contribution in [3.8, 4) is 0 Å². The van der Waals surface area contributed by atoms with Gasteiger partial charge in [-0.1, -0.05) is 24.3 Å². The van der Waals surface area contributed by atoms with Crippen LogP contribution in [0.1, 0.15) is 0 Å². The first-order valence-electron chi connectivity index (χ1n) is 6.24. The molecule has 2 aromatic carbocycles. The second-order valence-corrected chi connectivity index (χ2v) is 4.27. The van der Waals surface area contributed by atoms with Crippen LogP contribution in [0.3, 0.4) is 0 Å². The van der Waals surface area contributed by atoms with Crippen molar-refractivity contribution in [2.45, 2.75) is 0 Å². The van der Waals surface area contributed by atoms with Crippen molar-refractivity contribution in [1.29, 1.82) is 0 Å². The third-order valence-electron chi connectivity index (χ3n) is 2.96. The maximum Gasteiger partial charge on any atom is 0.229 e. The molecule has 0 atom stereocenters. The predicted molar refractivity (Wildman–Crippen MR) is 86.0 cm³/mol. The van der Waals surface area contributed by atoms with E-state index in [4.69, 9.17) is 0 Å². The summed E-state index contributed by atoms with van der Waals surface area (Å²) in [6, 6.07) is 14.1. The smallest absolute Gasteiger partial charge is 0.229 e. The molecule has 2 N–H and O–H groups in total. The zero-order valence-corrected chi connectivity index (χ0v) is 12.1. The Morgan fingerprint density at radius 2 is 1.67 bits per heavy atom. The van der Waals surface area contributed by atoms with Crippen LogP contribution in [0.4, 0.5) is 21.8 Å². The van der Waals surface area contributed by atoms with E-state index < -0.39 is 0 Å². The van der Waals surface area contributed by atoms with E-state index >= 15 is 0 Å². The molecule has 3 rings (SSSR count). The van der Waals surface area contributed by atoms with E-state index in [2.05, 4.69) is 20.6 Å². The molecule has 0 radical (unpaired) electrons. The van der Waals surface area contributed by atoms with E-state index in [1.54, 1.807) is 25.2 Å². The van der Waals surface area contributed by atoms with Crippen molar-refractivity contribution in [1.82, 2.24) is 9.97 Å². The molecule has 0 aliphatic carbocycles. The minimum Gasteiger partial charge on any atom is -0.372 e. The van der Waals surface area contributed by atoms with Gasteiger partial charge in [-0.05, 0) is 24.3 Å². The fraction of sp³-hybridized carbons (Fsp3) is 0.0667. The van der Waals surface area contributed by atoms with Crippen LogP contribution in [0.2, 0.25) is 0 Å². The zero-order chi connectivity index (χ0) is 13.9. The molecule has 1 heterocycles. The SMILES string of the molecule is CNc1nc(Nc2ccccc2F)nc2ccccc12.Cl. The van der Waals surface area contributed by atoms with Crippen LogP contribution in [-0.4, -0.2) is 17.0 Å². The first-order chi connectivity index (χ1) is 9.78. The first kappa shape index (κ1) is 15.0. The number of benzene rings is 2. The number of nitrogens with one attached hydrogen (secondary N) is 2. The maximum absolute atomic E-state index is 13.6. The molecule has 1 aromatic heterocycles. The van der Waals surface area contributed by atoms with E-state index in [1.165, 1.54) is 6.07 Å². The molecular formula is C15H14ClFN4. The topological polar surface area (TPSA) is 49.8 Å². The van der Waals surface area contributed by atoms with E-state index in [1.807, 2.05) is 24.3 Å². The number of fused-ring (bicyclic) bond motifs is 1. The number of halogens is 2. The van der Waals surface area contributed by atoms with Gasteiger partial charge in [0.15, 0.2) is 0 Å². The number of rotatable bonds is 3. The van der Waals surface area contributed by atoms with Crippen LogP contribution in [0.5, 0.6) is 0 Å². The summed E-state index contributed by atoms with van der Waals surface area (Å²) in [6.45, 7) is 0. The normalized spacial score (nSPS) is 10.0. The third kappa shape index (κ3) is 3.03. The number of anilines is 3. The van der Waals surface area contributed by atoms with Crippen molar-refractivity contribution in [3.05, 3.63) is 54.3 Å². The lowest BCUT2D eigenvalue weighted by Crippen LogP contribution is -2.03. The fourth-order valence-electron chi connectivity index (χ4n) is 2.01.